The molecule has 0 amide bonds. The molecule has 0 radical (unpaired) electrons. The lowest BCUT2D eigenvalue weighted by atomic mass is 10.1. The molecule has 180 valence electrons. The van der Waals surface area contributed by atoms with Crippen LogP contribution < -0.4 is 15.6 Å². The van der Waals surface area contributed by atoms with Gasteiger partial charge < -0.3 is 15.0 Å². The first-order chi connectivity index (χ1) is 16.3. The second-order valence-corrected chi connectivity index (χ2v) is 8.53. The van der Waals surface area contributed by atoms with Crippen molar-refractivity contribution in [1.29, 1.82) is 0 Å². The maximum absolute atomic E-state index is 13.0. The van der Waals surface area contributed by atoms with Gasteiger partial charge in [0.25, 0.3) is 5.56 Å². The Hall–Kier alpha value is -3.04. The number of nitrogens with one attached hydrogen (secondary N) is 2. The Bertz CT molecular complexity index is 1180. The third kappa shape index (κ3) is 6.30. The fourth-order valence-electron chi connectivity index (χ4n) is 3.78. The molecule has 3 aromatic rings. The van der Waals surface area contributed by atoms with Gasteiger partial charge in [0, 0.05) is 24.8 Å². The van der Waals surface area contributed by atoms with Crippen LogP contribution in [-0.4, -0.2) is 34.5 Å². The van der Waals surface area contributed by atoms with Crippen molar-refractivity contribution < 1.29 is 17.9 Å². The van der Waals surface area contributed by atoms with E-state index in [0.29, 0.717) is 36.8 Å². The van der Waals surface area contributed by atoms with Crippen molar-refractivity contribution in [3.05, 3.63) is 80.7 Å². The van der Waals surface area contributed by atoms with Gasteiger partial charge in [-0.3, -0.25) is 9.69 Å². The van der Waals surface area contributed by atoms with E-state index in [9.17, 15) is 18.0 Å². The minimum absolute atomic E-state index is 0.0503. The largest absolute Gasteiger partial charge is 0.457 e. The topological polar surface area (TPSA) is 70.2 Å². The summed E-state index contributed by atoms with van der Waals surface area (Å²) in [6, 6.07) is 10.5. The second kappa shape index (κ2) is 10.5. The van der Waals surface area contributed by atoms with Gasteiger partial charge in [0.1, 0.15) is 11.5 Å². The average molecular weight is 493 g/mol. The van der Waals surface area contributed by atoms with Gasteiger partial charge in [-0.1, -0.05) is 23.7 Å². The number of nitrogens with zero attached hydrogens (tertiary/aromatic N) is 2. The summed E-state index contributed by atoms with van der Waals surface area (Å²) >= 11 is 5.64. The molecule has 1 fully saturated rings. The van der Waals surface area contributed by atoms with Crippen molar-refractivity contribution in [2.24, 2.45) is 0 Å². The third-order valence-electron chi connectivity index (χ3n) is 5.57. The zero-order valence-corrected chi connectivity index (χ0v) is 19.0. The van der Waals surface area contributed by atoms with E-state index >= 15 is 0 Å². The van der Waals surface area contributed by atoms with Crippen LogP contribution in [0.4, 0.5) is 19.1 Å². The number of alkyl halides is 3. The van der Waals surface area contributed by atoms with Crippen LogP contribution in [-0.2, 0) is 19.1 Å². The zero-order chi connectivity index (χ0) is 24.1. The van der Waals surface area contributed by atoms with Crippen molar-refractivity contribution >= 4 is 17.5 Å². The van der Waals surface area contributed by atoms with E-state index < -0.39 is 11.7 Å². The van der Waals surface area contributed by atoms with Gasteiger partial charge in [0.05, 0.1) is 10.6 Å². The highest BCUT2D eigenvalue weighted by Gasteiger charge is 2.33. The molecule has 10 heteroatoms. The molecule has 0 atom stereocenters. The summed E-state index contributed by atoms with van der Waals surface area (Å²) in [6.45, 7) is 3.18. The van der Waals surface area contributed by atoms with E-state index in [-0.39, 0.29) is 16.3 Å². The molecular weight excluding hydrogens is 469 g/mol. The number of aromatic amines is 1. The third-order valence-corrected chi connectivity index (χ3v) is 5.90. The van der Waals surface area contributed by atoms with E-state index in [0.717, 1.165) is 43.6 Å². The molecule has 2 aromatic carbocycles. The number of rotatable bonds is 8. The van der Waals surface area contributed by atoms with Gasteiger partial charge in [0.2, 0.25) is 5.95 Å². The van der Waals surface area contributed by atoms with Crippen molar-refractivity contribution in [2.45, 2.75) is 32.0 Å². The van der Waals surface area contributed by atoms with Gasteiger partial charge in [-0.25, -0.2) is 0 Å². The lowest BCUT2D eigenvalue weighted by molar-refractivity contribution is -0.137. The highest BCUT2D eigenvalue weighted by Crippen LogP contribution is 2.37. The first-order valence-corrected chi connectivity index (χ1v) is 11.3. The monoisotopic (exact) mass is 492 g/mol. The first kappa shape index (κ1) is 24.1. The maximum Gasteiger partial charge on any atom is 0.417 e. The van der Waals surface area contributed by atoms with Crippen LogP contribution in [0.15, 0.2) is 53.5 Å². The van der Waals surface area contributed by atoms with Gasteiger partial charge in [-0.2, -0.15) is 18.2 Å². The zero-order valence-electron chi connectivity index (χ0n) is 18.3. The Morgan fingerprint density at radius 3 is 2.47 bits per heavy atom. The molecule has 1 aromatic heterocycles. The average Bonchev–Trinajstić information content (AvgIpc) is 3.30. The number of benzene rings is 2. The maximum atomic E-state index is 13.0. The normalized spacial score (nSPS) is 14.4. The molecule has 0 spiro atoms. The minimum Gasteiger partial charge on any atom is -0.457 e. The summed E-state index contributed by atoms with van der Waals surface area (Å²) in [5.74, 6) is 0.874. The number of ether oxygens (including phenoxy) is 1. The van der Waals surface area contributed by atoms with E-state index in [1.807, 2.05) is 12.1 Å². The highest BCUT2D eigenvalue weighted by molar-refractivity contribution is 6.31. The summed E-state index contributed by atoms with van der Waals surface area (Å²) in [7, 11) is 0. The summed E-state index contributed by atoms with van der Waals surface area (Å²) in [6.07, 6.45) is 0.138. The van der Waals surface area contributed by atoms with Crippen LogP contribution in [0.2, 0.25) is 5.02 Å². The van der Waals surface area contributed by atoms with Crippen molar-refractivity contribution in [1.82, 2.24) is 14.9 Å². The molecule has 0 bridgehead atoms. The van der Waals surface area contributed by atoms with E-state index in [4.69, 9.17) is 16.3 Å². The number of H-pyrrole nitrogens is 1. The van der Waals surface area contributed by atoms with Crippen molar-refractivity contribution in [3.63, 3.8) is 0 Å². The number of hydrogen-bond donors (Lipinski definition) is 2. The molecule has 2 N–H and O–H groups in total. The van der Waals surface area contributed by atoms with Crippen LogP contribution >= 0.6 is 11.6 Å². The quantitative estimate of drug-likeness (QED) is 0.435. The fourth-order valence-corrected chi connectivity index (χ4v) is 4.00. The number of hydrogen-bond acceptors (Lipinski definition) is 5. The number of halogens is 4. The van der Waals surface area contributed by atoms with Crippen LogP contribution in [0.5, 0.6) is 11.5 Å². The molecule has 0 aliphatic carbocycles. The highest BCUT2D eigenvalue weighted by atomic mass is 35.5. The van der Waals surface area contributed by atoms with Crippen LogP contribution in [0.1, 0.15) is 29.5 Å². The van der Waals surface area contributed by atoms with Gasteiger partial charge in [-0.15, -0.1) is 0 Å². The molecule has 1 aliphatic rings. The molecule has 34 heavy (non-hydrogen) atoms. The lowest BCUT2D eigenvalue weighted by Gasteiger charge is -2.14. The SMILES string of the molecule is O=c1nc(NCCc2ccc(Oc3ccc(Cl)c(C(F)(F)F)c3)cc2)[nH]cc1CN1CCCC1. The van der Waals surface area contributed by atoms with Crippen molar-refractivity contribution in [2.75, 3.05) is 25.0 Å². The molecule has 1 aliphatic heterocycles. The molecular formula is C24H24ClF3N4O2. The van der Waals surface area contributed by atoms with E-state index in [1.165, 1.54) is 6.07 Å². The molecule has 2 heterocycles. The Kier molecular flexibility index (Phi) is 7.43. The van der Waals surface area contributed by atoms with Crippen LogP contribution in [0.25, 0.3) is 0 Å². The van der Waals surface area contributed by atoms with Gasteiger partial charge in [-0.05, 0) is 68.2 Å². The summed E-state index contributed by atoms with van der Waals surface area (Å²) < 4.78 is 44.6. The standard InChI is InChI=1S/C24H24ClF3N4O2/c25-21-8-7-19(13-20(21)24(26,27)28)34-18-5-3-16(4-6-18)9-10-29-23-30-14-17(22(33)31-23)15-32-11-1-2-12-32/h3-8,13-14H,1-2,9-12,15H2,(H2,29,30,31,33). The first-order valence-electron chi connectivity index (χ1n) is 11.0. The summed E-state index contributed by atoms with van der Waals surface area (Å²) in [5, 5.41) is 2.73. The Morgan fingerprint density at radius 2 is 1.79 bits per heavy atom. The fraction of sp³-hybridized carbons (Fsp3) is 0.333. The van der Waals surface area contributed by atoms with Crippen LogP contribution in [0, 0.1) is 0 Å². The minimum atomic E-state index is -4.55. The molecule has 0 unspecified atom stereocenters. The molecule has 1 saturated heterocycles. The van der Waals surface area contributed by atoms with E-state index in [1.54, 1.807) is 18.3 Å². The molecule has 0 saturated carbocycles. The van der Waals surface area contributed by atoms with Gasteiger partial charge >= 0.3 is 6.18 Å². The second-order valence-electron chi connectivity index (χ2n) is 8.12. The number of anilines is 1. The van der Waals surface area contributed by atoms with Gasteiger partial charge in [0.15, 0.2) is 0 Å². The number of aromatic nitrogens is 2. The smallest absolute Gasteiger partial charge is 0.417 e. The predicted molar refractivity (Wildman–Crippen MR) is 125 cm³/mol. The van der Waals surface area contributed by atoms with Crippen molar-refractivity contribution in [3.8, 4) is 11.5 Å². The number of likely N-dealkylation sites (tertiary alicyclic amines) is 1. The Balaban J connectivity index is 1.29. The predicted octanol–water partition coefficient (Wildman–Crippen LogP) is 5.48. The Morgan fingerprint density at radius 1 is 1.09 bits per heavy atom. The van der Waals surface area contributed by atoms with Crippen LogP contribution in [0.3, 0.4) is 0 Å². The lowest BCUT2D eigenvalue weighted by Crippen LogP contribution is -2.25. The summed E-state index contributed by atoms with van der Waals surface area (Å²) in [5.41, 5.74) is 0.474. The summed E-state index contributed by atoms with van der Waals surface area (Å²) in [4.78, 5) is 21.6. The Labute approximate surface area is 199 Å². The molecule has 6 nitrogen and oxygen atoms in total. The van der Waals surface area contributed by atoms with E-state index in [2.05, 4.69) is 20.2 Å². The molecule has 4 rings (SSSR count).